The van der Waals surface area contributed by atoms with Gasteiger partial charge in [-0.05, 0) is 44.6 Å². The highest BCUT2D eigenvalue weighted by molar-refractivity contribution is 5.79. The van der Waals surface area contributed by atoms with Gasteiger partial charge in [-0.1, -0.05) is 6.42 Å². The average molecular weight is 343 g/mol. The molecule has 2 heterocycles. The van der Waals surface area contributed by atoms with Crippen LogP contribution in [0.4, 0.5) is 13.2 Å². The largest absolute Gasteiger partial charge is 0.391 e. The summed E-state index contributed by atoms with van der Waals surface area (Å²) in [6, 6.07) is 0.124. The minimum Gasteiger partial charge on any atom is -0.340 e. The Hall–Kier alpha value is -1.53. The number of alkyl halides is 3. The highest BCUT2D eigenvalue weighted by atomic mass is 19.4. The predicted molar refractivity (Wildman–Crippen MR) is 83.3 cm³/mol. The zero-order valence-electron chi connectivity index (χ0n) is 13.9. The maximum atomic E-state index is 13.0. The van der Waals surface area contributed by atoms with Gasteiger partial charge >= 0.3 is 6.18 Å². The van der Waals surface area contributed by atoms with Crippen LogP contribution in [0.15, 0.2) is 12.4 Å². The maximum Gasteiger partial charge on any atom is 0.391 e. The summed E-state index contributed by atoms with van der Waals surface area (Å²) in [5, 5.41) is 4.32. The lowest BCUT2D eigenvalue weighted by molar-refractivity contribution is -0.187. The zero-order valence-corrected chi connectivity index (χ0v) is 13.9. The first kappa shape index (κ1) is 17.3. The molecule has 1 amide bonds. The number of aromatic nitrogens is 2. The molecule has 1 saturated carbocycles. The quantitative estimate of drug-likeness (QED) is 0.821. The second-order valence-corrected chi connectivity index (χ2v) is 7.18. The van der Waals surface area contributed by atoms with Crippen LogP contribution in [0.25, 0.3) is 0 Å². The molecular weight excluding hydrogens is 319 g/mol. The highest BCUT2D eigenvalue weighted by Crippen LogP contribution is 2.40. The van der Waals surface area contributed by atoms with Crippen LogP contribution in [0.3, 0.4) is 0 Å². The minimum atomic E-state index is -4.18. The van der Waals surface area contributed by atoms with Gasteiger partial charge in [-0.15, -0.1) is 0 Å². The number of rotatable bonds is 2. The Morgan fingerprint density at radius 1 is 1.25 bits per heavy atom. The molecule has 1 aromatic rings. The molecule has 2 aliphatic rings. The summed E-state index contributed by atoms with van der Waals surface area (Å²) in [6.45, 7) is 3.16. The molecule has 2 fully saturated rings. The van der Waals surface area contributed by atoms with Crippen LogP contribution in [0.5, 0.6) is 0 Å². The van der Waals surface area contributed by atoms with Crippen molar-refractivity contribution in [2.75, 3.05) is 13.1 Å². The van der Waals surface area contributed by atoms with E-state index in [9.17, 15) is 18.0 Å². The van der Waals surface area contributed by atoms with E-state index in [1.165, 1.54) is 0 Å². The Balaban J connectivity index is 1.64. The number of likely N-dealkylation sites (tertiary alicyclic amines) is 1. The van der Waals surface area contributed by atoms with E-state index >= 15 is 0 Å². The lowest BCUT2D eigenvalue weighted by Gasteiger charge is -2.37. The number of piperidine rings is 1. The van der Waals surface area contributed by atoms with Crippen LogP contribution >= 0.6 is 0 Å². The van der Waals surface area contributed by atoms with Gasteiger partial charge in [0.05, 0.1) is 18.2 Å². The van der Waals surface area contributed by atoms with Gasteiger partial charge in [0.2, 0.25) is 5.91 Å². The standard InChI is InChI=1S/C17H24F3N3O/c1-12-9-21-23(10-12)15-6-3-7-22(11-15)16(24)13-4-2-5-14(8-13)17(18,19)20/h9-10,13-15H,2-8,11H2,1H3/t13-,14+,15-/m1/s1. The number of carbonyl (C=O) groups excluding carboxylic acids is 1. The SMILES string of the molecule is Cc1cnn([C@@H]2CCCN(C(=O)[C@@H]3CCC[C@H](C(F)(F)F)C3)C2)c1. The summed E-state index contributed by atoms with van der Waals surface area (Å²) in [6.07, 6.45) is 2.53. The van der Waals surface area contributed by atoms with Gasteiger partial charge in [0, 0.05) is 25.2 Å². The molecule has 7 heteroatoms. The Kier molecular flexibility index (Phi) is 4.88. The molecule has 4 nitrogen and oxygen atoms in total. The third-order valence-corrected chi connectivity index (χ3v) is 5.30. The van der Waals surface area contributed by atoms with Crippen molar-refractivity contribution in [3.05, 3.63) is 18.0 Å². The number of amides is 1. The topological polar surface area (TPSA) is 38.1 Å². The van der Waals surface area contributed by atoms with Crippen molar-refractivity contribution in [3.63, 3.8) is 0 Å². The Morgan fingerprint density at radius 3 is 2.71 bits per heavy atom. The Bertz CT molecular complexity index is 584. The van der Waals surface area contributed by atoms with E-state index in [1.807, 2.05) is 17.8 Å². The number of nitrogens with zero attached hydrogens (tertiary/aromatic N) is 3. The first-order valence-electron chi connectivity index (χ1n) is 8.71. The predicted octanol–water partition coefficient (Wildman–Crippen LogP) is 3.72. The molecule has 1 aliphatic heterocycles. The summed E-state index contributed by atoms with van der Waals surface area (Å²) < 4.78 is 40.8. The summed E-state index contributed by atoms with van der Waals surface area (Å²) in [5.74, 6) is -1.91. The van der Waals surface area contributed by atoms with Crippen molar-refractivity contribution in [3.8, 4) is 0 Å². The molecule has 134 valence electrons. The first-order chi connectivity index (χ1) is 11.3. The molecular formula is C17H24F3N3O. The van der Waals surface area contributed by atoms with Gasteiger partial charge in [0.1, 0.15) is 0 Å². The zero-order chi connectivity index (χ0) is 17.3. The van der Waals surface area contributed by atoms with E-state index < -0.39 is 18.0 Å². The van der Waals surface area contributed by atoms with Crippen molar-refractivity contribution >= 4 is 5.91 Å². The molecule has 1 saturated heterocycles. The summed E-state index contributed by atoms with van der Waals surface area (Å²) in [4.78, 5) is 14.5. The molecule has 1 aliphatic carbocycles. The van der Waals surface area contributed by atoms with Crippen molar-refractivity contribution in [2.45, 2.75) is 57.7 Å². The van der Waals surface area contributed by atoms with E-state index in [0.717, 1.165) is 18.4 Å². The number of hydrogen-bond acceptors (Lipinski definition) is 2. The molecule has 24 heavy (non-hydrogen) atoms. The summed E-state index contributed by atoms with van der Waals surface area (Å²) >= 11 is 0. The van der Waals surface area contributed by atoms with Crippen molar-refractivity contribution < 1.29 is 18.0 Å². The van der Waals surface area contributed by atoms with Crippen LogP contribution < -0.4 is 0 Å². The fraction of sp³-hybridized carbons (Fsp3) is 0.765. The number of hydrogen-bond donors (Lipinski definition) is 0. The van der Waals surface area contributed by atoms with Gasteiger partial charge in [-0.3, -0.25) is 9.48 Å². The lowest BCUT2D eigenvalue weighted by Crippen LogP contribution is -2.45. The molecule has 0 bridgehead atoms. The van der Waals surface area contributed by atoms with Crippen LogP contribution in [-0.2, 0) is 4.79 Å². The molecule has 0 N–H and O–H groups in total. The number of carbonyl (C=O) groups is 1. The molecule has 3 atom stereocenters. The normalized spacial score (nSPS) is 28.8. The van der Waals surface area contributed by atoms with E-state index in [0.29, 0.717) is 25.9 Å². The van der Waals surface area contributed by atoms with E-state index in [-0.39, 0.29) is 24.8 Å². The van der Waals surface area contributed by atoms with E-state index in [1.54, 1.807) is 11.1 Å². The smallest absolute Gasteiger partial charge is 0.340 e. The second-order valence-electron chi connectivity index (χ2n) is 7.18. The van der Waals surface area contributed by atoms with E-state index in [2.05, 4.69) is 5.10 Å². The molecule has 0 aromatic carbocycles. The third kappa shape index (κ3) is 3.75. The van der Waals surface area contributed by atoms with Crippen molar-refractivity contribution in [1.82, 2.24) is 14.7 Å². The highest BCUT2D eigenvalue weighted by Gasteiger charge is 2.44. The van der Waals surface area contributed by atoms with Gasteiger partial charge in [-0.2, -0.15) is 18.3 Å². The van der Waals surface area contributed by atoms with Crippen molar-refractivity contribution in [1.29, 1.82) is 0 Å². The van der Waals surface area contributed by atoms with Crippen LogP contribution in [0.2, 0.25) is 0 Å². The van der Waals surface area contributed by atoms with Gasteiger partial charge in [0.15, 0.2) is 0 Å². The molecule has 0 radical (unpaired) electrons. The third-order valence-electron chi connectivity index (χ3n) is 5.30. The minimum absolute atomic E-state index is 0.0512. The maximum absolute atomic E-state index is 13.0. The lowest BCUT2D eigenvalue weighted by atomic mass is 9.80. The summed E-state index contributed by atoms with van der Waals surface area (Å²) in [5.41, 5.74) is 1.07. The fourth-order valence-electron chi connectivity index (χ4n) is 3.97. The van der Waals surface area contributed by atoms with Gasteiger partial charge < -0.3 is 4.90 Å². The first-order valence-corrected chi connectivity index (χ1v) is 8.71. The second kappa shape index (κ2) is 6.76. The fourth-order valence-corrected chi connectivity index (χ4v) is 3.97. The average Bonchev–Trinajstić information content (AvgIpc) is 3.00. The molecule has 0 spiro atoms. The molecule has 3 rings (SSSR count). The van der Waals surface area contributed by atoms with Gasteiger partial charge in [0.25, 0.3) is 0 Å². The van der Waals surface area contributed by atoms with E-state index in [4.69, 9.17) is 0 Å². The Labute approximate surface area is 140 Å². The monoisotopic (exact) mass is 343 g/mol. The van der Waals surface area contributed by atoms with Crippen molar-refractivity contribution in [2.24, 2.45) is 11.8 Å². The number of aryl methyl sites for hydroxylation is 1. The number of halogens is 3. The summed E-state index contributed by atoms with van der Waals surface area (Å²) in [7, 11) is 0. The van der Waals surface area contributed by atoms with Crippen LogP contribution in [-0.4, -0.2) is 39.9 Å². The van der Waals surface area contributed by atoms with Crippen LogP contribution in [0.1, 0.15) is 50.1 Å². The molecule has 1 aromatic heterocycles. The Morgan fingerprint density at radius 2 is 2.04 bits per heavy atom. The van der Waals surface area contributed by atoms with Gasteiger partial charge in [-0.25, -0.2) is 0 Å². The van der Waals surface area contributed by atoms with Crippen LogP contribution in [0, 0.1) is 18.8 Å². The molecule has 0 unspecified atom stereocenters.